The Kier molecular flexibility index (Phi) is 5.13. The molecule has 0 saturated carbocycles. The summed E-state index contributed by atoms with van der Waals surface area (Å²) in [6.45, 7) is 0.971. The zero-order chi connectivity index (χ0) is 19.3. The van der Waals surface area contributed by atoms with Gasteiger partial charge in [-0.1, -0.05) is 72.8 Å². The Bertz CT molecular complexity index is 1110. The van der Waals surface area contributed by atoms with Crippen LogP contribution in [0.15, 0.2) is 84.9 Å². The normalized spacial score (nSPS) is 10.8. The van der Waals surface area contributed by atoms with E-state index in [9.17, 15) is 4.79 Å². The van der Waals surface area contributed by atoms with Crippen molar-refractivity contribution >= 4 is 16.8 Å². The Hall–Kier alpha value is -3.50. The summed E-state index contributed by atoms with van der Waals surface area (Å²) in [5.41, 5.74) is 11.0. The number of nitrogens with zero attached hydrogens (tertiary/aromatic N) is 1. The number of nitrogens with one attached hydrogen (secondary N) is 1. The summed E-state index contributed by atoms with van der Waals surface area (Å²) in [6, 6.07) is 27.4. The molecule has 28 heavy (non-hydrogen) atoms. The predicted octanol–water partition coefficient (Wildman–Crippen LogP) is 4.29. The number of rotatable bonds is 5. The Labute approximate surface area is 164 Å². The Morgan fingerprint density at radius 2 is 1.54 bits per heavy atom. The monoisotopic (exact) mass is 367 g/mol. The molecule has 0 atom stereocenters. The molecule has 0 aliphatic rings. The SMILES string of the molecule is NCc1ccc(CNC(=O)c2cc(-c3ccccc3)nc3ccccc23)cc1. The number of carbonyl (C=O) groups excluding carboxylic acids is 1. The second-order valence-electron chi connectivity index (χ2n) is 6.64. The van der Waals surface area contributed by atoms with Crippen LogP contribution in [-0.4, -0.2) is 10.9 Å². The van der Waals surface area contributed by atoms with Crippen LogP contribution in [0.1, 0.15) is 21.5 Å². The van der Waals surface area contributed by atoms with Crippen LogP contribution < -0.4 is 11.1 Å². The third-order valence-corrected chi connectivity index (χ3v) is 4.74. The van der Waals surface area contributed by atoms with Crippen LogP contribution in [0.4, 0.5) is 0 Å². The van der Waals surface area contributed by atoms with E-state index in [1.54, 1.807) is 0 Å². The minimum absolute atomic E-state index is 0.112. The number of pyridine rings is 1. The van der Waals surface area contributed by atoms with Gasteiger partial charge in [-0.05, 0) is 23.3 Å². The Morgan fingerprint density at radius 1 is 0.857 bits per heavy atom. The Morgan fingerprint density at radius 3 is 2.29 bits per heavy atom. The van der Waals surface area contributed by atoms with E-state index in [0.717, 1.165) is 33.3 Å². The number of amides is 1. The van der Waals surface area contributed by atoms with Crippen LogP contribution in [-0.2, 0) is 13.1 Å². The maximum Gasteiger partial charge on any atom is 0.252 e. The van der Waals surface area contributed by atoms with E-state index in [0.29, 0.717) is 18.7 Å². The fourth-order valence-electron chi connectivity index (χ4n) is 3.19. The van der Waals surface area contributed by atoms with Gasteiger partial charge < -0.3 is 11.1 Å². The number of para-hydroxylation sites is 1. The summed E-state index contributed by atoms with van der Waals surface area (Å²) in [4.78, 5) is 17.7. The highest BCUT2D eigenvalue weighted by molar-refractivity contribution is 6.07. The van der Waals surface area contributed by atoms with E-state index in [2.05, 4.69) is 5.32 Å². The lowest BCUT2D eigenvalue weighted by molar-refractivity contribution is 0.0952. The third-order valence-electron chi connectivity index (χ3n) is 4.74. The van der Waals surface area contributed by atoms with Gasteiger partial charge in [-0.3, -0.25) is 4.79 Å². The second kappa shape index (κ2) is 8.03. The zero-order valence-electron chi connectivity index (χ0n) is 15.4. The first-order valence-corrected chi connectivity index (χ1v) is 9.26. The van der Waals surface area contributed by atoms with Crippen LogP contribution in [0.5, 0.6) is 0 Å². The highest BCUT2D eigenvalue weighted by atomic mass is 16.1. The molecule has 4 heteroatoms. The van der Waals surface area contributed by atoms with E-state index in [1.165, 1.54) is 0 Å². The summed E-state index contributed by atoms with van der Waals surface area (Å²) in [5, 5.41) is 3.87. The van der Waals surface area contributed by atoms with Gasteiger partial charge in [0.1, 0.15) is 0 Å². The molecule has 1 heterocycles. The van der Waals surface area contributed by atoms with Crippen molar-refractivity contribution < 1.29 is 4.79 Å². The molecular formula is C24H21N3O. The number of hydrogen-bond acceptors (Lipinski definition) is 3. The lowest BCUT2D eigenvalue weighted by atomic mass is 10.0. The maximum absolute atomic E-state index is 13.0. The quantitative estimate of drug-likeness (QED) is 0.553. The van der Waals surface area contributed by atoms with Gasteiger partial charge in [0.25, 0.3) is 5.91 Å². The number of nitrogens with two attached hydrogens (primary N) is 1. The van der Waals surface area contributed by atoms with Gasteiger partial charge >= 0.3 is 0 Å². The number of fused-ring (bicyclic) bond motifs is 1. The van der Waals surface area contributed by atoms with Crippen molar-refractivity contribution in [1.29, 1.82) is 0 Å². The van der Waals surface area contributed by atoms with E-state index in [1.807, 2.05) is 84.9 Å². The topological polar surface area (TPSA) is 68.0 Å². The molecule has 4 aromatic rings. The average Bonchev–Trinajstić information content (AvgIpc) is 2.77. The molecule has 4 nitrogen and oxygen atoms in total. The number of aromatic nitrogens is 1. The Balaban J connectivity index is 1.65. The predicted molar refractivity (Wildman–Crippen MR) is 113 cm³/mol. The van der Waals surface area contributed by atoms with E-state index in [4.69, 9.17) is 10.7 Å². The average molecular weight is 367 g/mol. The van der Waals surface area contributed by atoms with Crippen molar-refractivity contribution in [2.75, 3.05) is 0 Å². The minimum Gasteiger partial charge on any atom is -0.348 e. The molecule has 0 bridgehead atoms. The van der Waals surface area contributed by atoms with Crippen molar-refractivity contribution in [3.8, 4) is 11.3 Å². The molecule has 1 aromatic heterocycles. The van der Waals surface area contributed by atoms with Crippen LogP contribution in [0.2, 0.25) is 0 Å². The van der Waals surface area contributed by atoms with Crippen molar-refractivity contribution in [1.82, 2.24) is 10.3 Å². The lowest BCUT2D eigenvalue weighted by Crippen LogP contribution is -2.23. The molecule has 0 radical (unpaired) electrons. The highest BCUT2D eigenvalue weighted by Crippen LogP contribution is 2.24. The number of carbonyl (C=O) groups is 1. The number of hydrogen-bond donors (Lipinski definition) is 2. The molecule has 0 aliphatic heterocycles. The molecule has 0 unspecified atom stereocenters. The van der Waals surface area contributed by atoms with E-state index >= 15 is 0 Å². The van der Waals surface area contributed by atoms with Crippen LogP contribution >= 0.6 is 0 Å². The minimum atomic E-state index is -0.112. The molecule has 138 valence electrons. The van der Waals surface area contributed by atoms with Crippen molar-refractivity contribution in [3.63, 3.8) is 0 Å². The number of benzene rings is 3. The van der Waals surface area contributed by atoms with Gasteiger partial charge in [0.05, 0.1) is 16.8 Å². The molecule has 3 aromatic carbocycles. The van der Waals surface area contributed by atoms with Crippen LogP contribution in [0.3, 0.4) is 0 Å². The summed E-state index contributed by atoms with van der Waals surface area (Å²) < 4.78 is 0. The first kappa shape index (κ1) is 17.9. The molecule has 0 saturated heterocycles. The van der Waals surface area contributed by atoms with E-state index in [-0.39, 0.29) is 5.91 Å². The van der Waals surface area contributed by atoms with E-state index < -0.39 is 0 Å². The van der Waals surface area contributed by atoms with Crippen LogP contribution in [0, 0.1) is 0 Å². The molecule has 3 N–H and O–H groups in total. The smallest absolute Gasteiger partial charge is 0.252 e. The van der Waals surface area contributed by atoms with Gasteiger partial charge in [0, 0.05) is 24.0 Å². The van der Waals surface area contributed by atoms with Gasteiger partial charge in [-0.25, -0.2) is 4.98 Å². The standard InChI is InChI=1S/C24H21N3O/c25-15-17-10-12-18(13-11-17)16-26-24(28)21-14-23(19-6-2-1-3-7-19)27-22-9-5-4-8-20(21)22/h1-14H,15-16,25H2,(H,26,28). The second-order valence-corrected chi connectivity index (χ2v) is 6.64. The molecule has 0 spiro atoms. The van der Waals surface area contributed by atoms with Crippen molar-refractivity contribution in [2.45, 2.75) is 13.1 Å². The fraction of sp³-hybridized carbons (Fsp3) is 0.0833. The van der Waals surface area contributed by atoms with Crippen molar-refractivity contribution in [3.05, 3.63) is 102 Å². The van der Waals surface area contributed by atoms with Gasteiger partial charge in [0.15, 0.2) is 0 Å². The summed E-state index contributed by atoms with van der Waals surface area (Å²) in [7, 11) is 0. The largest absolute Gasteiger partial charge is 0.348 e. The molecular weight excluding hydrogens is 346 g/mol. The summed E-state index contributed by atoms with van der Waals surface area (Å²) in [5.74, 6) is -0.112. The van der Waals surface area contributed by atoms with Gasteiger partial charge in [0.2, 0.25) is 0 Å². The molecule has 4 rings (SSSR count). The van der Waals surface area contributed by atoms with Crippen molar-refractivity contribution in [2.24, 2.45) is 5.73 Å². The maximum atomic E-state index is 13.0. The first-order valence-electron chi connectivity index (χ1n) is 9.26. The fourth-order valence-corrected chi connectivity index (χ4v) is 3.19. The summed E-state index contributed by atoms with van der Waals surface area (Å²) in [6.07, 6.45) is 0. The third kappa shape index (κ3) is 3.77. The van der Waals surface area contributed by atoms with Gasteiger partial charge in [-0.2, -0.15) is 0 Å². The highest BCUT2D eigenvalue weighted by Gasteiger charge is 2.13. The summed E-state index contributed by atoms with van der Waals surface area (Å²) >= 11 is 0. The molecule has 0 fully saturated rings. The lowest BCUT2D eigenvalue weighted by Gasteiger charge is -2.11. The first-order chi connectivity index (χ1) is 13.7. The molecule has 1 amide bonds. The van der Waals surface area contributed by atoms with Crippen LogP contribution in [0.25, 0.3) is 22.2 Å². The molecule has 0 aliphatic carbocycles. The van der Waals surface area contributed by atoms with Gasteiger partial charge in [-0.15, -0.1) is 0 Å². The zero-order valence-corrected chi connectivity index (χ0v) is 15.4.